The molecule has 0 rings (SSSR count). The molecule has 0 amide bonds. The number of halogens is 1. The Morgan fingerprint density at radius 1 is 1.38 bits per heavy atom. The lowest BCUT2D eigenvalue weighted by Gasteiger charge is -2.28. The average Bonchev–Trinajstić information content (AvgIpc) is 2.03. The van der Waals surface area contributed by atoms with Crippen molar-refractivity contribution in [2.45, 2.75) is 25.4 Å². The fourth-order valence-corrected chi connectivity index (χ4v) is 1.07. The van der Waals surface area contributed by atoms with E-state index in [1.54, 1.807) is 25.9 Å². The summed E-state index contributed by atoms with van der Waals surface area (Å²) >= 11 is 5.49. The van der Waals surface area contributed by atoms with E-state index in [1.807, 2.05) is 0 Å². The number of rotatable bonds is 6. The molecule has 13 heavy (non-hydrogen) atoms. The van der Waals surface area contributed by atoms with E-state index in [4.69, 9.17) is 21.4 Å². The molecule has 3 unspecified atom stereocenters. The normalized spacial score (nSPS) is 18.7. The fourth-order valence-electron chi connectivity index (χ4n) is 0.918. The maximum absolute atomic E-state index is 9.42. The summed E-state index contributed by atoms with van der Waals surface area (Å²) < 4.78 is 5.26. The van der Waals surface area contributed by atoms with Crippen LogP contribution >= 0.6 is 11.6 Å². The van der Waals surface area contributed by atoms with Crippen LogP contribution in [0, 0.1) is 0 Å². The van der Waals surface area contributed by atoms with Gasteiger partial charge in [-0.1, -0.05) is 0 Å². The number of likely N-dealkylation sites (N-methyl/N-ethyl adjacent to an activating group) is 1. The van der Waals surface area contributed by atoms with Crippen LogP contribution in [0.5, 0.6) is 0 Å². The number of hydrogen-bond acceptors (Lipinski definition) is 4. The van der Waals surface area contributed by atoms with Crippen LogP contribution in [0.3, 0.4) is 0 Å². The van der Waals surface area contributed by atoms with Crippen molar-refractivity contribution in [3.8, 4) is 0 Å². The molecule has 0 bridgehead atoms. The van der Waals surface area contributed by atoms with Crippen molar-refractivity contribution in [3.05, 3.63) is 0 Å². The Bertz CT molecular complexity index is 133. The second-order valence-electron chi connectivity index (χ2n) is 3.26. The molecule has 0 saturated heterocycles. The first-order chi connectivity index (χ1) is 5.99. The molecule has 0 spiro atoms. The Morgan fingerprint density at radius 2 is 1.92 bits per heavy atom. The van der Waals surface area contributed by atoms with E-state index >= 15 is 0 Å². The Kier molecular flexibility index (Phi) is 6.63. The third-order valence-electron chi connectivity index (χ3n) is 1.50. The van der Waals surface area contributed by atoms with Gasteiger partial charge < -0.3 is 14.9 Å². The number of aliphatic hydroxyl groups is 2. The SMILES string of the molecule is CC(O)COC(C(O)CCl)N(C)C. The van der Waals surface area contributed by atoms with Gasteiger partial charge >= 0.3 is 0 Å². The van der Waals surface area contributed by atoms with E-state index in [0.717, 1.165) is 0 Å². The van der Waals surface area contributed by atoms with Gasteiger partial charge in [-0.25, -0.2) is 0 Å². The van der Waals surface area contributed by atoms with Crippen molar-refractivity contribution in [1.82, 2.24) is 4.90 Å². The highest BCUT2D eigenvalue weighted by atomic mass is 35.5. The zero-order chi connectivity index (χ0) is 10.4. The molecule has 0 aromatic heterocycles. The summed E-state index contributed by atoms with van der Waals surface area (Å²) in [6, 6.07) is 0. The second kappa shape index (κ2) is 6.56. The molecule has 0 aromatic carbocycles. The molecule has 0 heterocycles. The third-order valence-corrected chi connectivity index (χ3v) is 1.82. The van der Waals surface area contributed by atoms with Gasteiger partial charge in [-0.05, 0) is 21.0 Å². The molecule has 4 nitrogen and oxygen atoms in total. The highest BCUT2D eigenvalue weighted by Crippen LogP contribution is 2.05. The molecule has 0 aliphatic rings. The zero-order valence-electron chi connectivity index (χ0n) is 8.27. The highest BCUT2D eigenvalue weighted by Gasteiger charge is 2.21. The van der Waals surface area contributed by atoms with Crippen LogP contribution in [0.2, 0.25) is 0 Å². The number of ether oxygens (including phenoxy) is 1. The summed E-state index contributed by atoms with van der Waals surface area (Å²) in [5.74, 6) is 0.114. The summed E-state index contributed by atoms with van der Waals surface area (Å²) in [7, 11) is 3.56. The smallest absolute Gasteiger partial charge is 0.137 e. The quantitative estimate of drug-likeness (QED) is 0.475. The van der Waals surface area contributed by atoms with E-state index < -0.39 is 18.4 Å². The Hall–Kier alpha value is 0.130. The monoisotopic (exact) mass is 211 g/mol. The number of alkyl halides is 1. The summed E-state index contributed by atoms with van der Waals surface area (Å²) in [5.41, 5.74) is 0. The minimum Gasteiger partial charge on any atom is -0.391 e. The van der Waals surface area contributed by atoms with Crippen LogP contribution in [0.4, 0.5) is 0 Å². The molecule has 0 aliphatic carbocycles. The van der Waals surface area contributed by atoms with E-state index in [0.29, 0.717) is 0 Å². The van der Waals surface area contributed by atoms with Gasteiger partial charge in [0.25, 0.3) is 0 Å². The topological polar surface area (TPSA) is 52.9 Å². The van der Waals surface area contributed by atoms with Gasteiger partial charge in [0.15, 0.2) is 0 Å². The van der Waals surface area contributed by atoms with Crippen molar-refractivity contribution in [1.29, 1.82) is 0 Å². The number of aliphatic hydroxyl groups excluding tert-OH is 2. The highest BCUT2D eigenvalue weighted by molar-refractivity contribution is 6.18. The van der Waals surface area contributed by atoms with Crippen molar-refractivity contribution in [2.24, 2.45) is 0 Å². The van der Waals surface area contributed by atoms with Gasteiger partial charge in [0.05, 0.1) is 18.6 Å². The number of nitrogens with zero attached hydrogens (tertiary/aromatic N) is 1. The lowest BCUT2D eigenvalue weighted by atomic mass is 10.3. The van der Waals surface area contributed by atoms with Gasteiger partial charge in [0, 0.05) is 0 Å². The first-order valence-electron chi connectivity index (χ1n) is 4.19. The predicted molar refractivity (Wildman–Crippen MR) is 51.8 cm³/mol. The van der Waals surface area contributed by atoms with Crippen LogP contribution in [-0.2, 0) is 4.74 Å². The van der Waals surface area contributed by atoms with Crippen molar-refractivity contribution < 1.29 is 14.9 Å². The third kappa shape index (κ3) is 5.44. The molecule has 2 N–H and O–H groups in total. The van der Waals surface area contributed by atoms with Gasteiger partial charge in [-0.15, -0.1) is 11.6 Å². The molecular weight excluding hydrogens is 194 g/mol. The summed E-state index contributed by atoms with van der Waals surface area (Å²) in [5, 5.41) is 18.4. The van der Waals surface area contributed by atoms with Crippen molar-refractivity contribution in [2.75, 3.05) is 26.6 Å². The molecule has 0 saturated carbocycles. The summed E-state index contributed by atoms with van der Waals surface area (Å²) in [6.45, 7) is 1.82. The maximum atomic E-state index is 9.42. The predicted octanol–water partition coefficient (Wildman–Crippen LogP) is -0.129. The number of hydrogen-bond donors (Lipinski definition) is 2. The molecule has 0 fully saturated rings. The Balaban J connectivity index is 3.95. The molecular formula is C8H18ClNO3. The first-order valence-corrected chi connectivity index (χ1v) is 4.72. The van der Waals surface area contributed by atoms with Crippen molar-refractivity contribution in [3.63, 3.8) is 0 Å². The Morgan fingerprint density at radius 3 is 2.23 bits per heavy atom. The minimum absolute atomic E-state index is 0.114. The van der Waals surface area contributed by atoms with Crippen LogP contribution in [0.25, 0.3) is 0 Å². The zero-order valence-corrected chi connectivity index (χ0v) is 9.03. The molecule has 5 heteroatoms. The molecule has 0 aliphatic heterocycles. The van der Waals surface area contributed by atoms with E-state index in [-0.39, 0.29) is 12.5 Å². The average molecular weight is 212 g/mol. The lowest BCUT2D eigenvalue weighted by molar-refractivity contribution is -0.117. The van der Waals surface area contributed by atoms with Crippen LogP contribution in [0.1, 0.15) is 6.92 Å². The van der Waals surface area contributed by atoms with Gasteiger partial charge in [0.2, 0.25) is 0 Å². The molecule has 0 radical (unpaired) electrons. The standard InChI is InChI=1S/C8H18ClNO3/c1-6(11)5-13-8(10(2)3)7(12)4-9/h6-8,11-12H,4-5H2,1-3H3. The minimum atomic E-state index is -0.740. The second-order valence-corrected chi connectivity index (χ2v) is 3.57. The largest absolute Gasteiger partial charge is 0.391 e. The van der Waals surface area contributed by atoms with Crippen molar-refractivity contribution >= 4 is 11.6 Å². The summed E-state index contributed by atoms with van der Waals surface area (Å²) in [6.07, 6.45) is -1.74. The van der Waals surface area contributed by atoms with E-state index in [9.17, 15) is 5.11 Å². The first kappa shape index (κ1) is 13.1. The summed E-state index contributed by atoms with van der Waals surface area (Å²) in [4.78, 5) is 1.72. The molecule has 0 aromatic rings. The van der Waals surface area contributed by atoms with Crippen LogP contribution < -0.4 is 0 Å². The van der Waals surface area contributed by atoms with Gasteiger partial charge in [-0.3, -0.25) is 4.90 Å². The van der Waals surface area contributed by atoms with E-state index in [2.05, 4.69) is 0 Å². The fraction of sp³-hybridized carbons (Fsp3) is 1.00. The van der Waals surface area contributed by atoms with Crippen LogP contribution in [-0.4, -0.2) is 60.1 Å². The van der Waals surface area contributed by atoms with E-state index in [1.165, 1.54) is 0 Å². The lowest BCUT2D eigenvalue weighted by Crippen LogP contribution is -2.43. The molecule has 80 valence electrons. The Labute approximate surface area is 84.1 Å². The maximum Gasteiger partial charge on any atom is 0.137 e. The van der Waals surface area contributed by atoms with Gasteiger partial charge in [-0.2, -0.15) is 0 Å². The van der Waals surface area contributed by atoms with Gasteiger partial charge in [0.1, 0.15) is 12.3 Å². The molecule has 3 atom stereocenters. The van der Waals surface area contributed by atoms with Crippen LogP contribution in [0.15, 0.2) is 0 Å².